The second-order valence-corrected chi connectivity index (χ2v) is 6.90. The Labute approximate surface area is 148 Å². The summed E-state index contributed by atoms with van der Waals surface area (Å²) in [5.41, 5.74) is 4.28. The second kappa shape index (κ2) is 7.54. The molecule has 1 aliphatic rings. The second-order valence-electron chi connectivity index (χ2n) is 6.90. The number of aliphatic hydroxyl groups excluding tert-OH is 1. The van der Waals surface area contributed by atoms with Gasteiger partial charge < -0.3 is 15.3 Å². The van der Waals surface area contributed by atoms with Crippen molar-refractivity contribution in [2.75, 3.05) is 18.0 Å². The first-order valence-corrected chi connectivity index (χ1v) is 8.89. The maximum absolute atomic E-state index is 13.9. The highest BCUT2D eigenvalue weighted by Gasteiger charge is 2.21. The van der Waals surface area contributed by atoms with Gasteiger partial charge in [0.1, 0.15) is 5.82 Å². The number of nitrogens with zero attached hydrogens (tertiary/aromatic N) is 3. The van der Waals surface area contributed by atoms with Crippen molar-refractivity contribution >= 4 is 5.69 Å². The maximum atomic E-state index is 13.9. The van der Waals surface area contributed by atoms with Gasteiger partial charge in [0.15, 0.2) is 0 Å². The Balaban J connectivity index is 1.75. The zero-order valence-corrected chi connectivity index (χ0v) is 15.2. The van der Waals surface area contributed by atoms with E-state index in [1.165, 1.54) is 6.07 Å². The molecule has 0 radical (unpaired) electrons. The van der Waals surface area contributed by atoms with Gasteiger partial charge in [0.05, 0.1) is 12.3 Å². The molecule has 1 saturated heterocycles. The van der Waals surface area contributed by atoms with Crippen LogP contribution in [-0.2, 0) is 13.6 Å². The van der Waals surface area contributed by atoms with E-state index in [0.29, 0.717) is 6.54 Å². The average Bonchev–Trinajstić information content (AvgIpc) is 2.92. The van der Waals surface area contributed by atoms with E-state index in [4.69, 9.17) is 0 Å². The van der Waals surface area contributed by atoms with Crippen LogP contribution < -0.4 is 10.2 Å². The molecule has 136 valence electrons. The minimum absolute atomic E-state index is 0.0113. The molecule has 0 saturated carbocycles. The van der Waals surface area contributed by atoms with Crippen LogP contribution >= 0.6 is 0 Å². The molecule has 0 bridgehead atoms. The highest BCUT2D eigenvalue weighted by atomic mass is 19.1. The summed E-state index contributed by atoms with van der Waals surface area (Å²) in [5, 5.41) is 17.5. The standard InChI is InChI=1S/C19H27FN4O/c1-13(21-11-15-12-22-23(3)14(15)2)18-10-16(20)4-5-19(18)24-8-6-17(25)7-9-24/h4-5,10,12-13,17,21,25H,6-9,11H2,1-3H3. The first kappa shape index (κ1) is 17.9. The number of piperidine rings is 1. The fourth-order valence-corrected chi connectivity index (χ4v) is 3.36. The van der Waals surface area contributed by atoms with Crippen LogP contribution in [0.2, 0.25) is 0 Å². The Morgan fingerprint density at radius 2 is 2.08 bits per heavy atom. The van der Waals surface area contributed by atoms with Gasteiger partial charge in [0.25, 0.3) is 0 Å². The lowest BCUT2D eigenvalue weighted by Gasteiger charge is -2.34. The van der Waals surface area contributed by atoms with Crippen molar-refractivity contribution < 1.29 is 9.50 Å². The Morgan fingerprint density at radius 1 is 1.36 bits per heavy atom. The van der Waals surface area contributed by atoms with Crippen LogP contribution in [-0.4, -0.2) is 34.1 Å². The summed E-state index contributed by atoms with van der Waals surface area (Å²) >= 11 is 0. The summed E-state index contributed by atoms with van der Waals surface area (Å²) in [5.74, 6) is -0.220. The summed E-state index contributed by atoms with van der Waals surface area (Å²) in [6, 6.07) is 5.00. The van der Waals surface area contributed by atoms with Crippen LogP contribution in [0.1, 0.15) is 42.6 Å². The molecule has 1 aromatic carbocycles. The molecule has 1 atom stereocenters. The molecule has 1 aliphatic heterocycles. The molecule has 3 rings (SSSR count). The summed E-state index contributed by atoms with van der Waals surface area (Å²) < 4.78 is 15.7. The minimum atomic E-state index is -0.220. The number of aryl methyl sites for hydroxylation is 1. The molecule has 0 aliphatic carbocycles. The molecule has 2 heterocycles. The Morgan fingerprint density at radius 3 is 2.72 bits per heavy atom. The predicted molar refractivity (Wildman–Crippen MR) is 97.1 cm³/mol. The van der Waals surface area contributed by atoms with Crippen LogP contribution in [0.3, 0.4) is 0 Å². The minimum Gasteiger partial charge on any atom is -0.393 e. The van der Waals surface area contributed by atoms with Crippen LogP contribution in [0.4, 0.5) is 10.1 Å². The van der Waals surface area contributed by atoms with Crippen molar-refractivity contribution in [2.24, 2.45) is 7.05 Å². The van der Waals surface area contributed by atoms with Gasteiger partial charge in [-0.2, -0.15) is 5.10 Å². The molecule has 2 N–H and O–H groups in total. The van der Waals surface area contributed by atoms with Crippen LogP contribution in [0.5, 0.6) is 0 Å². The highest BCUT2D eigenvalue weighted by Crippen LogP contribution is 2.30. The van der Waals surface area contributed by atoms with Gasteiger partial charge in [0, 0.05) is 49.7 Å². The third-order valence-corrected chi connectivity index (χ3v) is 5.20. The zero-order valence-electron chi connectivity index (χ0n) is 15.2. The van der Waals surface area contributed by atoms with E-state index in [0.717, 1.165) is 48.4 Å². The summed E-state index contributed by atoms with van der Waals surface area (Å²) in [7, 11) is 1.93. The predicted octanol–water partition coefficient (Wildman–Crippen LogP) is 2.68. The summed E-state index contributed by atoms with van der Waals surface area (Å²) in [4.78, 5) is 2.25. The largest absolute Gasteiger partial charge is 0.393 e. The van der Waals surface area contributed by atoms with E-state index in [1.54, 1.807) is 6.07 Å². The quantitative estimate of drug-likeness (QED) is 0.874. The van der Waals surface area contributed by atoms with E-state index >= 15 is 0 Å². The van der Waals surface area contributed by atoms with Gasteiger partial charge >= 0.3 is 0 Å². The number of hydrogen-bond acceptors (Lipinski definition) is 4. The molecule has 1 fully saturated rings. The Hall–Kier alpha value is -1.92. The number of rotatable bonds is 5. The van der Waals surface area contributed by atoms with Crippen molar-refractivity contribution in [1.82, 2.24) is 15.1 Å². The van der Waals surface area contributed by atoms with E-state index in [-0.39, 0.29) is 18.0 Å². The third kappa shape index (κ3) is 4.02. The lowest BCUT2D eigenvalue weighted by molar-refractivity contribution is 0.145. The Kier molecular flexibility index (Phi) is 5.39. The third-order valence-electron chi connectivity index (χ3n) is 5.20. The van der Waals surface area contributed by atoms with Crippen molar-refractivity contribution in [2.45, 2.75) is 45.4 Å². The Bertz CT molecular complexity index is 722. The number of nitrogens with one attached hydrogen (secondary N) is 1. The van der Waals surface area contributed by atoms with Gasteiger partial charge in [-0.05, 0) is 50.5 Å². The molecular formula is C19H27FN4O. The molecule has 5 nitrogen and oxygen atoms in total. The lowest BCUT2D eigenvalue weighted by Crippen LogP contribution is -2.37. The lowest BCUT2D eigenvalue weighted by atomic mass is 10.0. The van der Waals surface area contributed by atoms with Crippen LogP contribution in [0, 0.1) is 12.7 Å². The van der Waals surface area contributed by atoms with Crippen molar-refractivity contribution in [3.63, 3.8) is 0 Å². The average molecular weight is 346 g/mol. The van der Waals surface area contributed by atoms with E-state index in [1.807, 2.05) is 30.9 Å². The maximum Gasteiger partial charge on any atom is 0.123 e. The van der Waals surface area contributed by atoms with Gasteiger partial charge in [-0.25, -0.2) is 4.39 Å². The zero-order chi connectivity index (χ0) is 18.0. The van der Waals surface area contributed by atoms with Crippen molar-refractivity contribution in [3.05, 3.63) is 47.0 Å². The van der Waals surface area contributed by atoms with E-state index < -0.39 is 0 Å². The van der Waals surface area contributed by atoms with Gasteiger partial charge in [-0.1, -0.05) is 0 Å². The van der Waals surface area contributed by atoms with Crippen molar-refractivity contribution in [1.29, 1.82) is 0 Å². The molecule has 0 spiro atoms. The first-order chi connectivity index (χ1) is 12.0. The number of anilines is 1. The monoisotopic (exact) mass is 346 g/mol. The normalized spacial score (nSPS) is 17.1. The topological polar surface area (TPSA) is 53.3 Å². The van der Waals surface area contributed by atoms with Gasteiger partial charge in [0.2, 0.25) is 0 Å². The van der Waals surface area contributed by atoms with Gasteiger partial charge in [-0.3, -0.25) is 4.68 Å². The molecule has 25 heavy (non-hydrogen) atoms. The van der Waals surface area contributed by atoms with Crippen molar-refractivity contribution in [3.8, 4) is 0 Å². The van der Waals surface area contributed by atoms with E-state index in [9.17, 15) is 9.50 Å². The fraction of sp³-hybridized carbons (Fsp3) is 0.526. The summed E-state index contributed by atoms with van der Waals surface area (Å²) in [6.45, 7) is 6.39. The number of aromatic nitrogens is 2. The van der Waals surface area contributed by atoms with Crippen LogP contribution in [0.25, 0.3) is 0 Å². The fourth-order valence-electron chi connectivity index (χ4n) is 3.36. The molecule has 6 heteroatoms. The number of aliphatic hydroxyl groups is 1. The molecule has 1 aromatic heterocycles. The van der Waals surface area contributed by atoms with E-state index in [2.05, 4.69) is 22.2 Å². The molecule has 2 aromatic rings. The number of hydrogen-bond donors (Lipinski definition) is 2. The van der Waals surface area contributed by atoms with Gasteiger partial charge in [-0.15, -0.1) is 0 Å². The molecule has 0 amide bonds. The summed E-state index contributed by atoms with van der Waals surface area (Å²) in [6.07, 6.45) is 3.17. The SMILES string of the molecule is Cc1c(CNC(C)c2cc(F)ccc2N2CCC(O)CC2)cnn1C. The molecule has 1 unspecified atom stereocenters. The highest BCUT2D eigenvalue weighted by molar-refractivity contribution is 5.55. The smallest absolute Gasteiger partial charge is 0.123 e. The number of halogens is 1. The number of benzene rings is 1. The van der Waals surface area contributed by atoms with Crippen LogP contribution in [0.15, 0.2) is 24.4 Å². The first-order valence-electron chi connectivity index (χ1n) is 8.89. The molecular weight excluding hydrogens is 319 g/mol.